The number of methoxy groups -OCH3 is 1. The van der Waals surface area contributed by atoms with Crippen molar-refractivity contribution in [3.8, 4) is 5.75 Å². The van der Waals surface area contributed by atoms with Gasteiger partial charge in [-0.05, 0) is 0 Å². The lowest BCUT2D eigenvalue weighted by Gasteiger charge is -2.19. The molecule has 1 aromatic rings. The molecule has 96 valence electrons. The summed E-state index contributed by atoms with van der Waals surface area (Å²) in [6.07, 6.45) is 2.01. The van der Waals surface area contributed by atoms with Crippen molar-refractivity contribution in [3.05, 3.63) is 36.4 Å². The maximum absolute atomic E-state index is 13.3. The molecule has 3 nitrogen and oxygen atoms in total. The average Bonchev–Trinajstić information content (AvgIpc) is 2.73. The Kier molecular flexibility index (Phi) is 3.32. The molecule has 1 aliphatic rings. The van der Waals surface area contributed by atoms with Crippen molar-refractivity contribution in [2.45, 2.75) is 6.42 Å². The third kappa shape index (κ3) is 2.08. The van der Waals surface area contributed by atoms with Gasteiger partial charge in [0.2, 0.25) is 5.91 Å². The van der Waals surface area contributed by atoms with Crippen molar-refractivity contribution in [2.24, 2.45) is 5.92 Å². The van der Waals surface area contributed by atoms with Gasteiger partial charge in [-0.3, -0.25) is 4.79 Å². The summed E-state index contributed by atoms with van der Waals surface area (Å²) < 4.78 is 31.3. The van der Waals surface area contributed by atoms with Gasteiger partial charge in [0.05, 0.1) is 12.8 Å². The van der Waals surface area contributed by atoms with Crippen LogP contribution in [0.2, 0.25) is 0 Å². The van der Waals surface area contributed by atoms with Crippen LogP contribution in [0.4, 0.5) is 14.5 Å². The molecule has 1 aliphatic heterocycles. The van der Waals surface area contributed by atoms with Gasteiger partial charge >= 0.3 is 0 Å². The first kappa shape index (κ1) is 12.5. The number of nitrogens with zero attached hydrogens (tertiary/aromatic N) is 1. The van der Waals surface area contributed by atoms with Crippen molar-refractivity contribution in [1.29, 1.82) is 0 Å². The molecule has 0 aromatic heterocycles. The minimum absolute atomic E-state index is 0.0234. The second-order valence-electron chi connectivity index (χ2n) is 4.14. The van der Waals surface area contributed by atoms with E-state index < -0.39 is 11.6 Å². The topological polar surface area (TPSA) is 29.5 Å². The third-order valence-corrected chi connectivity index (χ3v) is 3.00. The van der Waals surface area contributed by atoms with E-state index in [1.165, 1.54) is 12.0 Å². The molecular weight excluding hydrogens is 240 g/mol. The summed E-state index contributed by atoms with van der Waals surface area (Å²) in [5.74, 6) is -1.98. The van der Waals surface area contributed by atoms with E-state index in [0.29, 0.717) is 13.0 Å². The Bertz CT molecular complexity index is 502. The van der Waals surface area contributed by atoms with E-state index in [9.17, 15) is 13.6 Å². The third-order valence-electron chi connectivity index (χ3n) is 3.00. The first-order chi connectivity index (χ1) is 8.56. The monoisotopic (exact) mass is 253 g/mol. The van der Waals surface area contributed by atoms with Gasteiger partial charge < -0.3 is 9.64 Å². The van der Waals surface area contributed by atoms with Gasteiger partial charge in [0.15, 0.2) is 11.6 Å². The molecule has 1 amide bonds. The van der Waals surface area contributed by atoms with Crippen LogP contribution in [0.25, 0.3) is 0 Å². The zero-order chi connectivity index (χ0) is 13.3. The summed E-state index contributed by atoms with van der Waals surface area (Å²) in [6.45, 7) is 4.04. The summed E-state index contributed by atoms with van der Waals surface area (Å²) >= 11 is 0. The second kappa shape index (κ2) is 4.76. The number of carbonyl (C=O) groups excluding carboxylic acids is 1. The highest BCUT2D eigenvalue weighted by molar-refractivity contribution is 5.97. The van der Waals surface area contributed by atoms with Crippen molar-refractivity contribution < 1.29 is 18.3 Å². The highest BCUT2D eigenvalue weighted by atomic mass is 19.2. The van der Waals surface area contributed by atoms with E-state index in [0.717, 1.165) is 12.1 Å². The number of carbonyl (C=O) groups is 1. The molecule has 1 heterocycles. The molecule has 2 rings (SSSR count). The molecule has 1 aromatic carbocycles. The quantitative estimate of drug-likeness (QED) is 0.775. The van der Waals surface area contributed by atoms with E-state index in [2.05, 4.69) is 6.58 Å². The normalized spacial score (nSPS) is 19.2. The van der Waals surface area contributed by atoms with E-state index >= 15 is 0 Å². The van der Waals surface area contributed by atoms with Crippen LogP contribution in [0.15, 0.2) is 24.8 Å². The van der Waals surface area contributed by atoms with Crippen LogP contribution in [-0.2, 0) is 4.79 Å². The van der Waals surface area contributed by atoms with Crippen molar-refractivity contribution >= 4 is 11.6 Å². The zero-order valence-electron chi connectivity index (χ0n) is 9.95. The van der Waals surface area contributed by atoms with Crippen LogP contribution in [0.3, 0.4) is 0 Å². The SMILES string of the molecule is C=CC1CC(=O)N(c2cc(F)c(F)cc2OC)C1. The molecule has 1 fully saturated rings. The maximum atomic E-state index is 13.3. The van der Waals surface area contributed by atoms with Crippen LogP contribution in [0.5, 0.6) is 5.75 Å². The lowest BCUT2D eigenvalue weighted by molar-refractivity contribution is -0.117. The summed E-state index contributed by atoms with van der Waals surface area (Å²) in [5, 5.41) is 0. The lowest BCUT2D eigenvalue weighted by Crippen LogP contribution is -2.25. The summed E-state index contributed by atoms with van der Waals surface area (Å²) in [7, 11) is 1.35. The fourth-order valence-electron chi connectivity index (χ4n) is 2.02. The minimum atomic E-state index is -0.999. The van der Waals surface area contributed by atoms with E-state index in [1.54, 1.807) is 6.08 Å². The molecule has 0 spiro atoms. The van der Waals surface area contributed by atoms with Gasteiger partial charge in [0.1, 0.15) is 5.75 Å². The number of hydrogen-bond donors (Lipinski definition) is 0. The van der Waals surface area contributed by atoms with Crippen molar-refractivity contribution in [1.82, 2.24) is 0 Å². The molecule has 1 atom stereocenters. The summed E-state index contributed by atoms with van der Waals surface area (Å²) in [6, 6.07) is 1.93. The smallest absolute Gasteiger partial charge is 0.227 e. The van der Waals surface area contributed by atoms with E-state index in [4.69, 9.17) is 4.74 Å². The Morgan fingerprint density at radius 2 is 2.11 bits per heavy atom. The summed E-state index contributed by atoms with van der Waals surface area (Å²) in [4.78, 5) is 13.2. The molecule has 5 heteroatoms. The van der Waals surface area contributed by atoms with Gasteiger partial charge in [0.25, 0.3) is 0 Å². The Morgan fingerprint density at radius 3 is 2.67 bits per heavy atom. The summed E-state index contributed by atoms with van der Waals surface area (Å²) in [5.41, 5.74) is 0.255. The predicted octanol–water partition coefficient (Wildman–Crippen LogP) is 2.51. The largest absolute Gasteiger partial charge is 0.494 e. The highest BCUT2D eigenvalue weighted by Crippen LogP contribution is 2.34. The van der Waals surface area contributed by atoms with Crippen LogP contribution in [0, 0.1) is 17.6 Å². The number of rotatable bonds is 3. The van der Waals surface area contributed by atoms with E-state index in [-0.39, 0.29) is 23.3 Å². The van der Waals surface area contributed by atoms with Gasteiger partial charge in [0, 0.05) is 31.0 Å². The molecular formula is C13H13F2NO2. The highest BCUT2D eigenvalue weighted by Gasteiger charge is 2.31. The number of halogens is 2. The van der Waals surface area contributed by atoms with Crippen LogP contribution in [-0.4, -0.2) is 19.6 Å². The van der Waals surface area contributed by atoms with Crippen LogP contribution >= 0.6 is 0 Å². The Balaban J connectivity index is 2.41. The average molecular weight is 253 g/mol. The molecule has 1 saturated heterocycles. The molecule has 18 heavy (non-hydrogen) atoms. The second-order valence-corrected chi connectivity index (χ2v) is 4.14. The van der Waals surface area contributed by atoms with Crippen LogP contribution < -0.4 is 9.64 Å². The molecule has 0 aliphatic carbocycles. The molecule has 1 unspecified atom stereocenters. The number of anilines is 1. The van der Waals surface area contributed by atoms with Gasteiger partial charge in [-0.25, -0.2) is 8.78 Å². The Labute approximate surface area is 104 Å². The molecule has 0 bridgehead atoms. The van der Waals surface area contributed by atoms with Crippen LogP contribution in [0.1, 0.15) is 6.42 Å². The molecule has 0 saturated carbocycles. The minimum Gasteiger partial charge on any atom is -0.494 e. The van der Waals surface area contributed by atoms with Gasteiger partial charge in [-0.1, -0.05) is 6.08 Å². The number of ether oxygens (including phenoxy) is 1. The Morgan fingerprint density at radius 1 is 1.44 bits per heavy atom. The lowest BCUT2D eigenvalue weighted by atomic mass is 10.1. The maximum Gasteiger partial charge on any atom is 0.227 e. The van der Waals surface area contributed by atoms with Gasteiger partial charge in [-0.15, -0.1) is 6.58 Å². The molecule has 0 N–H and O–H groups in total. The van der Waals surface area contributed by atoms with Crippen molar-refractivity contribution in [2.75, 3.05) is 18.6 Å². The fourth-order valence-corrected chi connectivity index (χ4v) is 2.02. The standard InChI is InChI=1S/C13H13F2NO2/c1-3-8-4-13(17)16(7-8)11-5-9(14)10(15)6-12(11)18-2/h3,5-6,8H,1,4,7H2,2H3. The number of benzene rings is 1. The van der Waals surface area contributed by atoms with Gasteiger partial charge in [-0.2, -0.15) is 0 Å². The predicted molar refractivity (Wildman–Crippen MR) is 63.6 cm³/mol. The molecule has 0 radical (unpaired) electrons. The zero-order valence-corrected chi connectivity index (χ0v) is 9.95. The Hall–Kier alpha value is -1.91. The first-order valence-electron chi connectivity index (χ1n) is 5.52. The first-order valence-corrected chi connectivity index (χ1v) is 5.52. The number of hydrogen-bond acceptors (Lipinski definition) is 2. The number of amides is 1. The fraction of sp³-hybridized carbons (Fsp3) is 0.308. The van der Waals surface area contributed by atoms with Crippen molar-refractivity contribution in [3.63, 3.8) is 0 Å². The van der Waals surface area contributed by atoms with E-state index in [1.807, 2.05) is 0 Å².